The summed E-state index contributed by atoms with van der Waals surface area (Å²) < 4.78 is 17.0. The van der Waals surface area contributed by atoms with Crippen LogP contribution in [-0.2, 0) is 0 Å². The van der Waals surface area contributed by atoms with Gasteiger partial charge in [0.1, 0.15) is 5.82 Å². The molecule has 1 aromatic carbocycles. The smallest absolute Gasteiger partial charge is 0.240 e. The van der Waals surface area contributed by atoms with Crippen LogP contribution >= 0.6 is 0 Å². The summed E-state index contributed by atoms with van der Waals surface area (Å²) in [6.07, 6.45) is 8.93. The molecule has 4 heterocycles. The highest BCUT2D eigenvalue weighted by molar-refractivity contribution is 5.66. The average molecular weight is 443 g/mol. The van der Waals surface area contributed by atoms with Gasteiger partial charge in [-0.05, 0) is 35.2 Å². The summed E-state index contributed by atoms with van der Waals surface area (Å²) in [5, 5.41) is 8.72. The molecule has 5 aromatic rings. The topological polar surface area (TPSA) is 99.8 Å². The lowest BCUT2D eigenvalue weighted by molar-refractivity contribution is 0.265. The SMILES string of the molecule is CC(C)(C)C(c1ccc(F)cc1)n1cc(-c2cncc(-c3ccn4nc(N)nc4c3)n2)cn1. The minimum atomic E-state index is -0.258. The van der Waals surface area contributed by atoms with E-state index in [9.17, 15) is 4.39 Å². The molecule has 9 heteroatoms. The molecule has 0 bridgehead atoms. The molecule has 0 saturated carbocycles. The molecule has 33 heavy (non-hydrogen) atoms. The van der Waals surface area contributed by atoms with Crippen LogP contribution in [-0.4, -0.2) is 34.3 Å². The van der Waals surface area contributed by atoms with E-state index in [1.807, 2.05) is 23.0 Å². The lowest BCUT2D eigenvalue weighted by Crippen LogP contribution is -2.26. The van der Waals surface area contributed by atoms with Gasteiger partial charge < -0.3 is 5.73 Å². The van der Waals surface area contributed by atoms with Crippen molar-refractivity contribution in [3.05, 3.63) is 78.8 Å². The molecule has 0 aliphatic heterocycles. The molecule has 2 N–H and O–H groups in total. The zero-order valence-electron chi connectivity index (χ0n) is 18.5. The van der Waals surface area contributed by atoms with Gasteiger partial charge in [0.2, 0.25) is 5.95 Å². The Bertz CT molecular complexity index is 1430. The van der Waals surface area contributed by atoms with Gasteiger partial charge in [0, 0.05) is 23.5 Å². The fourth-order valence-electron chi connectivity index (χ4n) is 4.01. The van der Waals surface area contributed by atoms with E-state index in [2.05, 4.69) is 40.9 Å². The van der Waals surface area contributed by atoms with Gasteiger partial charge in [0.25, 0.3) is 0 Å². The Labute approximate surface area is 190 Å². The fraction of sp³-hybridized carbons (Fsp3) is 0.208. The molecule has 8 nitrogen and oxygen atoms in total. The van der Waals surface area contributed by atoms with Gasteiger partial charge >= 0.3 is 0 Å². The van der Waals surface area contributed by atoms with E-state index in [1.54, 1.807) is 41.4 Å². The average Bonchev–Trinajstić information content (AvgIpc) is 3.40. The number of hydrogen-bond acceptors (Lipinski definition) is 6. The molecule has 0 radical (unpaired) electrons. The molecule has 0 fully saturated rings. The van der Waals surface area contributed by atoms with Crippen LogP contribution in [0.15, 0.2) is 67.4 Å². The standard InChI is InChI=1S/C24H23FN8/c1-24(2,3)22(15-4-6-18(25)7-5-15)33-14-17(11-28-33)20-13-27-12-19(29-20)16-8-9-32-21(10-16)30-23(26)31-32/h4-14,22H,1-3H3,(H2,26,31). The number of anilines is 1. The number of rotatable bonds is 4. The zero-order chi connectivity index (χ0) is 23.2. The quantitative estimate of drug-likeness (QED) is 0.443. The van der Waals surface area contributed by atoms with Gasteiger partial charge in [-0.1, -0.05) is 32.9 Å². The van der Waals surface area contributed by atoms with Crippen molar-refractivity contribution in [3.8, 4) is 22.5 Å². The number of pyridine rings is 1. The Kier molecular flexibility index (Phi) is 4.88. The summed E-state index contributed by atoms with van der Waals surface area (Å²) in [5.41, 5.74) is 10.3. The van der Waals surface area contributed by atoms with Crippen LogP contribution in [0.3, 0.4) is 0 Å². The third kappa shape index (κ3) is 4.05. The number of aromatic nitrogens is 7. The van der Waals surface area contributed by atoms with E-state index in [-0.39, 0.29) is 23.2 Å². The Balaban J connectivity index is 1.50. The van der Waals surface area contributed by atoms with Gasteiger partial charge in [-0.3, -0.25) is 9.67 Å². The van der Waals surface area contributed by atoms with E-state index >= 15 is 0 Å². The fourth-order valence-corrected chi connectivity index (χ4v) is 4.01. The largest absolute Gasteiger partial charge is 0.366 e. The van der Waals surface area contributed by atoms with Crippen molar-refractivity contribution >= 4 is 11.6 Å². The van der Waals surface area contributed by atoms with E-state index < -0.39 is 0 Å². The normalized spacial score (nSPS) is 12.8. The van der Waals surface area contributed by atoms with Gasteiger partial charge in [-0.2, -0.15) is 10.1 Å². The summed E-state index contributed by atoms with van der Waals surface area (Å²) in [6.45, 7) is 6.41. The summed E-state index contributed by atoms with van der Waals surface area (Å²) in [5.74, 6) is -0.0411. The second kappa shape index (κ2) is 7.77. The van der Waals surface area contributed by atoms with E-state index in [0.717, 1.165) is 16.7 Å². The molecule has 0 spiro atoms. The number of benzene rings is 1. The van der Waals surface area contributed by atoms with Crippen LogP contribution in [0.5, 0.6) is 0 Å². The Morgan fingerprint density at radius 2 is 1.67 bits per heavy atom. The Morgan fingerprint density at radius 3 is 2.39 bits per heavy atom. The molecular weight excluding hydrogens is 419 g/mol. The summed E-state index contributed by atoms with van der Waals surface area (Å²) >= 11 is 0. The first-order valence-electron chi connectivity index (χ1n) is 10.5. The number of nitrogens with zero attached hydrogens (tertiary/aromatic N) is 7. The monoisotopic (exact) mass is 442 g/mol. The van der Waals surface area contributed by atoms with Crippen molar-refractivity contribution in [3.63, 3.8) is 0 Å². The number of hydrogen-bond donors (Lipinski definition) is 1. The Morgan fingerprint density at radius 1 is 0.939 bits per heavy atom. The van der Waals surface area contributed by atoms with Crippen molar-refractivity contribution in [1.29, 1.82) is 0 Å². The highest BCUT2D eigenvalue weighted by Crippen LogP contribution is 2.37. The van der Waals surface area contributed by atoms with Crippen LogP contribution in [0.4, 0.5) is 10.3 Å². The second-order valence-corrected chi connectivity index (χ2v) is 9.01. The first kappa shape index (κ1) is 20.7. The minimum absolute atomic E-state index is 0.0798. The lowest BCUT2D eigenvalue weighted by Gasteiger charge is -2.31. The maximum atomic E-state index is 13.5. The van der Waals surface area contributed by atoms with E-state index in [4.69, 9.17) is 10.7 Å². The predicted octanol–water partition coefficient (Wildman–Crippen LogP) is 4.41. The summed E-state index contributed by atoms with van der Waals surface area (Å²) in [6, 6.07) is 10.2. The maximum absolute atomic E-state index is 13.5. The third-order valence-corrected chi connectivity index (χ3v) is 5.45. The van der Waals surface area contributed by atoms with Crippen LogP contribution in [0.1, 0.15) is 32.4 Å². The molecule has 4 aromatic heterocycles. The van der Waals surface area contributed by atoms with Gasteiger partial charge in [-0.25, -0.2) is 13.9 Å². The molecule has 1 unspecified atom stereocenters. The highest BCUT2D eigenvalue weighted by atomic mass is 19.1. The van der Waals surface area contributed by atoms with Crippen LogP contribution in [0.25, 0.3) is 28.2 Å². The molecule has 5 rings (SSSR count). The predicted molar refractivity (Wildman–Crippen MR) is 124 cm³/mol. The van der Waals surface area contributed by atoms with Crippen molar-refractivity contribution < 1.29 is 4.39 Å². The number of nitrogen functional groups attached to an aromatic ring is 1. The molecule has 166 valence electrons. The lowest BCUT2D eigenvalue weighted by atomic mass is 9.82. The summed E-state index contributed by atoms with van der Waals surface area (Å²) in [4.78, 5) is 13.4. The molecule has 0 aliphatic rings. The minimum Gasteiger partial charge on any atom is -0.366 e. The van der Waals surface area contributed by atoms with Crippen molar-refractivity contribution in [1.82, 2.24) is 34.3 Å². The second-order valence-electron chi connectivity index (χ2n) is 9.01. The Hall–Kier alpha value is -4.14. The van der Waals surface area contributed by atoms with Crippen molar-refractivity contribution in [2.75, 3.05) is 5.73 Å². The van der Waals surface area contributed by atoms with E-state index in [1.165, 1.54) is 12.1 Å². The number of fused-ring (bicyclic) bond motifs is 1. The maximum Gasteiger partial charge on any atom is 0.240 e. The zero-order valence-corrected chi connectivity index (χ0v) is 18.5. The van der Waals surface area contributed by atoms with Crippen molar-refractivity contribution in [2.45, 2.75) is 26.8 Å². The van der Waals surface area contributed by atoms with Crippen LogP contribution in [0, 0.1) is 11.2 Å². The summed E-state index contributed by atoms with van der Waals surface area (Å²) in [7, 11) is 0. The van der Waals surface area contributed by atoms with E-state index in [0.29, 0.717) is 17.0 Å². The van der Waals surface area contributed by atoms with Gasteiger partial charge in [0.05, 0.1) is 36.0 Å². The number of halogens is 1. The first-order chi connectivity index (χ1) is 15.8. The third-order valence-electron chi connectivity index (χ3n) is 5.45. The molecular formula is C24H23FN8. The molecule has 0 aliphatic carbocycles. The first-order valence-corrected chi connectivity index (χ1v) is 10.5. The highest BCUT2D eigenvalue weighted by Gasteiger charge is 2.29. The van der Waals surface area contributed by atoms with Gasteiger partial charge in [-0.15, -0.1) is 5.10 Å². The molecule has 0 amide bonds. The van der Waals surface area contributed by atoms with Gasteiger partial charge in [0.15, 0.2) is 5.65 Å². The number of nitrogens with two attached hydrogens (primary N) is 1. The molecule has 1 atom stereocenters. The van der Waals surface area contributed by atoms with Crippen molar-refractivity contribution in [2.24, 2.45) is 5.41 Å². The molecule has 0 saturated heterocycles. The van der Waals surface area contributed by atoms with Crippen LogP contribution < -0.4 is 5.73 Å². The van der Waals surface area contributed by atoms with Crippen LogP contribution in [0.2, 0.25) is 0 Å².